The molecule has 0 aliphatic rings. The molecule has 2 unspecified atom stereocenters. The van der Waals surface area contributed by atoms with E-state index in [1.807, 2.05) is 14.1 Å². The first kappa shape index (κ1) is 14.8. The molecule has 2 atom stereocenters. The normalized spacial score (nSPS) is 16.0. The van der Waals surface area contributed by atoms with Crippen LogP contribution in [0.4, 0.5) is 0 Å². The zero-order valence-electron chi connectivity index (χ0n) is 10.5. The van der Waals surface area contributed by atoms with E-state index in [-0.39, 0.29) is 12.2 Å². The Morgan fingerprint density at radius 1 is 0.867 bits per heavy atom. The maximum atomic E-state index is 9.17. The van der Waals surface area contributed by atoms with Gasteiger partial charge in [-0.25, -0.2) is 0 Å². The third-order valence-corrected chi connectivity index (χ3v) is 2.23. The SMILES string of the molecule is CC(O)CN(C)CCCN(C)CC(C)O. The molecule has 0 aromatic rings. The molecular formula is C11H26N2O2. The number of aliphatic hydroxyl groups excluding tert-OH is 2. The van der Waals surface area contributed by atoms with Gasteiger partial charge in [0.05, 0.1) is 12.2 Å². The predicted molar refractivity (Wildman–Crippen MR) is 63.0 cm³/mol. The molecular weight excluding hydrogens is 192 g/mol. The van der Waals surface area contributed by atoms with Gasteiger partial charge in [-0.15, -0.1) is 0 Å². The summed E-state index contributed by atoms with van der Waals surface area (Å²) in [5.74, 6) is 0. The molecule has 0 aromatic carbocycles. The summed E-state index contributed by atoms with van der Waals surface area (Å²) in [6.45, 7) is 7.01. The van der Waals surface area contributed by atoms with Crippen LogP contribution in [-0.4, -0.2) is 72.5 Å². The summed E-state index contributed by atoms with van der Waals surface area (Å²) in [5, 5.41) is 18.3. The van der Waals surface area contributed by atoms with Gasteiger partial charge in [-0.3, -0.25) is 0 Å². The summed E-state index contributed by atoms with van der Waals surface area (Å²) >= 11 is 0. The van der Waals surface area contributed by atoms with Gasteiger partial charge in [0.25, 0.3) is 0 Å². The van der Waals surface area contributed by atoms with Crippen molar-refractivity contribution in [2.75, 3.05) is 40.3 Å². The Morgan fingerprint density at radius 3 is 1.47 bits per heavy atom. The molecule has 0 saturated carbocycles. The molecule has 0 amide bonds. The first-order valence-electron chi connectivity index (χ1n) is 5.65. The number of rotatable bonds is 8. The van der Waals surface area contributed by atoms with Crippen molar-refractivity contribution in [3.8, 4) is 0 Å². The van der Waals surface area contributed by atoms with Crippen LogP contribution >= 0.6 is 0 Å². The van der Waals surface area contributed by atoms with Crippen molar-refractivity contribution in [1.82, 2.24) is 9.80 Å². The lowest BCUT2D eigenvalue weighted by Crippen LogP contribution is -2.32. The first-order valence-corrected chi connectivity index (χ1v) is 5.65. The first-order chi connectivity index (χ1) is 6.91. The lowest BCUT2D eigenvalue weighted by Gasteiger charge is -2.21. The van der Waals surface area contributed by atoms with Crippen molar-refractivity contribution in [2.45, 2.75) is 32.5 Å². The maximum absolute atomic E-state index is 9.17. The Kier molecular flexibility index (Phi) is 7.96. The number of nitrogens with zero attached hydrogens (tertiary/aromatic N) is 2. The van der Waals surface area contributed by atoms with Crippen LogP contribution in [0.1, 0.15) is 20.3 Å². The zero-order chi connectivity index (χ0) is 11.8. The second-order valence-corrected chi connectivity index (χ2v) is 4.58. The van der Waals surface area contributed by atoms with Gasteiger partial charge in [0.2, 0.25) is 0 Å². The number of likely N-dealkylation sites (N-methyl/N-ethyl adjacent to an activating group) is 2. The Balaban J connectivity index is 3.44. The van der Waals surface area contributed by atoms with Crippen LogP contribution < -0.4 is 0 Å². The van der Waals surface area contributed by atoms with Gasteiger partial charge in [-0.2, -0.15) is 0 Å². The maximum Gasteiger partial charge on any atom is 0.0638 e. The van der Waals surface area contributed by atoms with Crippen LogP contribution in [0.15, 0.2) is 0 Å². The van der Waals surface area contributed by atoms with E-state index in [0.717, 1.165) is 32.6 Å². The topological polar surface area (TPSA) is 46.9 Å². The van der Waals surface area contributed by atoms with Gasteiger partial charge in [0.1, 0.15) is 0 Å². The third-order valence-electron chi connectivity index (χ3n) is 2.23. The van der Waals surface area contributed by atoms with E-state index in [4.69, 9.17) is 10.2 Å². The van der Waals surface area contributed by atoms with Crippen LogP contribution in [0.2, 0.25) is 0 Å². The van der Waals surface area contributed by atoms with Gasteiger partial charge in [-0.1, -0.05) is 0 Å². The van der Waals surface area contributed by atoms with Gasteiger partial charge >= 0.3 is 0 Å². The van der Waals surface area contributed by atoms with Gasteiger partial charge < -0.3 is 20.0 Å². The molecule has 0 aliphatic carbocycles. The van der Waals surface area contributed by atoms with Gasteiger partial charge in [0, 0.05) is 13.1 Å². The molecule has 0 rings (SSSR count). The quantitative estimate of drug-likeness (QED) is 0.602. The van der Waals surface area contributed by atoms with E-state index in [1.165, 1.54) is 0 Å². The largest absolute Gasteiger partial charge is 0.392 e. The molecule has 0 saturated heterocycles. The molecule has 0 heterocycles. The molecule has 2 N–H and O–H groups in total. The van der Waals surface area contributed by atoms with Crippen molar-refractivity contribution in [2.24, 2.45) is 0 Å². The molecule has 0 fully saturated rings. The van der Waals surface area contributed by atoms with Crippen LogP contribution in [0.5, 0.6) is 0 Å². The summed E-state index contributed by atoms with van der Waals surface area (Å²) in [4.78, 5) is 4.25. The van der Waals surface area contributed by atoms with E-state index in [9.17, 15) is 0 Å². The molecule has 0 spiro atoms. The van der Waals surface area contributed by atoms with Crippen LogP contribution in [0, 0.1) is 0 Å². The predicted octanol–water partition coefficient (Wildman–Crippen LogP) is 0.00170. The molecule has 15 heavy (non-hydrogen) atoms. The minimum Gasteiger partial charge on any atom is -0.392 e. The number of hydrogen-bond donors (Lipinski definition) is 2. The van der Waals surface area contributed by atoms with Crippen molar-refractivity contribution < 1.29 is 10.2 Å². The molecule has 4 heteroatoms. The van der Waals surface area contributed by atoms with Crippen LogP contribution in [0.3, 0.4) is 0 Å². The fourth-order valence-electron chi connectivity index (χ4n) is 1.70. The molecule has 4 nitrogen and oxygen atoms in total. The standard InChI is InChI=1S/C11H26N2O2/c1-10(14)8-12(3)6-5-7-13(4)9-11(2)15/h10-11,14-15H,5-9H2,1-4H3. The Hall–Kier alpha value is -0.160. The highest BCUT2D eigenvalue weighted by Gasteiger charge is 2.05. The second-order valence-electron chi connectivity index (χ2n) is 4.58. The van der Waals surface area contributed by atoms with E-state index in [1.54, 1.807) is 13.8 Å². The highest BCUT2D eigenvalue weighted by Crippen LogP contribution is 1.94. The molecule has 0 bridgehead atoms. The lowest BCUT2D eigenvalue weighted by molar-refractivity contribution is 0.127. The van der Waals surface area contributed by atoms with Crippen molar-refractivity contribution in [3.05, 3.63) is 0 Å². The smallest absolute Gasteiger partial charge is 0.0638 e. The minimum atomic E-state index is -0.259. The molecule has 0 aliphatic heterocycles. The summed E-state index contributed by atoms with van der Waals surface area (Å²) in [5.41, 5.74) is 0. The highest BCUT2D eigenvalue weighted by molar-refractivity contribution is 4.60. The van der Waals surface area contributed by atoms with Gasteiger partial charge in [-0.05, 0) is 47.5 Å². The minimum absolute atomic E-state index is 0.259. The van der Waals surface area contributed by atoms with E-state index >= 15 is 0 Å². The summed E-state index contributed by atoms with van der Waals surface area (Å²) < 4.78 is 0. The molecule has 0 aromatic heterocycles. The van der Waals surface area contributed by atoms with Crippen molar-refractivity contribution >= 4 is 0 Å². The monoisotopic (exact) mass is 218 g/mol. The van der Waals surface area contributed by atoms with Crippen molar-refractivity contribution in [1.29, 1.82) is 0 Å². The van der Waals surface area contributed by atoms with Crippen LogP contribution in [-0.2, 0) is 0 Å². The summed E-state index contributed by atoms with van der Waals surface area (Å²) in [7, 11) is 4.03. The molecule has 0 radical (unpaired) electrons. The summed E-state index contributed by atoms with van der Waals surface area (Å²) in [6, 6.07) is 0. The fourth-order valence-corrected chi connectivity index (χ4v) is 1.70. The summed E-state index contributed by atoms with van der Waals surface area (Å²) in [6.07, 6.45) is 0.544. The Labute approximate surface area is 93.5 Å². The Morgan fingerprint density at radius 2 is 1.20 bits per heavy atom. The molecule has 92 valence electrons. The van der Waals surface area contributed by atoms with E-state index in [0.29, 0.717) is 0 Å². The van der Waals surface area contributed by atoms with Gasteiger partial charge in [0.15, 0.2) is 0 Å². The fraction of sp³-hybridized carbons (Fsp3) is 1.00. The second kappa shape index (κ2) is 8.05. The van der Waals surface area contributed by atoms with E-state index in [2.05, 4.69) is 9.80 Å². The average molecular weight is 218 g/mol. The average Bonchev–Trinajstić information content (AvgIpc) is 2.00. The lowest BCUT2D eigenvalue weighted by atomic mass is 10.3. The number of aliphatic hydroxyl groups is 2. The van der Waals surface area contributed by atoms with Crippen molar-refractivity contribution in [3.63, 3.8) is 0 Å². The Bertz CT molecular complexity index is 136. The zero-order valence-corrected chi connectivity index (χ0v) is 10.5. The highest BCUT2D eigenvalue weighted by atomic mass is 16.3. The van der Waals surface area contributed by atoms with Crippen LogP contribution in [0.25, 0.3) is 0 Å². The third kappa shape index (κ3) is 10.1. The van der Waals surface area contributed by atoms with E-state index < -0.39 is 0 Å². The number of hydrogen-bond acceptors (Lipinski definition) is 4.